The van der Waals surface area contributed by atoms with Crippen LogP contribution >= 0.6 is 0 Å². The number of anilines is 1. The fourth-order valence-corrected chi connectivity index (χ4v) is 2.40. The van der Waals surface area contributed by atoms with Gasteiger partial charge in [0.05, 0.1) is 12.6 Å². The molecule has 1 unspecified atom stereocenters. The lowest BCUT2D eigenvalue weighted by Gasteiger charge is -2.29. The molecule has 0 aromatic heterocycles. The molecule has 1 amide bonds. The molecule has 1 fully saturated rings. The number of carbonyl (C=O) groups excluding carboxylic acids is 1. The van der Waals surface area contributed by atoms with Gasteiger partial charge < -0.3 is 10.4 Å². The Morgan fingerprint density at radius 3 is 2.79 bits per heavy atom. The number of nitrogens with one attached hydrogen (secondary N) is 1. The van der Waals surface area contributed by atoms with Gasteiger partial charge in [0.15, 0.2) is 0 Å². The lowest BCUT2D eigenvalue weighted by Crippen LogP contribution is -2.42. The summed E-state index contributed by atoms with van der Waals surface area (Å²) in [6.07, 6.45) is 2.52. The van der Waals surface area contributed by atoms with Crippen LogP contribution in [0.1, 0.15) is 25.3 Å². The molecule has 1 aromatic carbocycles. The zero-order chi connectivity index (χ0) is 13.7. The van der Waals surface area contributed by atoms with E-state index in [-0.39, 0.29) is 12.0 Å². The molecule has 0 spiro atoms. The van der Waals surface area contributed by atoms with Gasteiger partial charge in [-0.05, 0) is 43.5 Å². The van der Waals surface area contributed by atoms with Crippen LogP contribution in [0, 0.1) is 0 Å². The topological polar surface area (TPSA) is 52.6 Å². The average molecular weight is 262 g/mol. The van der Waals surface area contributed by atoms with Gasteiger partial charge in [0.2, 0.25) is 5.91 Å². The summed E-state index contributed by atoms with van der Waals surface area (Å²) in [5.41, 5.74) is 2.09. The first kappa shape index (κ1) is 14.0. The van der Waals surface area contributed by atoms with Crippen molar-refractivity contribution in [3.05, 3.63) is 29.8 Å². The fraction of sp³-hybridized carbons (Fsp3) is 0.533. The molecule has 4 nitrogen and oxygen atoms in total. The number of hydrogen-bond acceptors (Lipinski definition) is 3. The lowest BCUT2D eigenvalue weighted by atomic mass is 10.1. The van der Waals surface area contributed by atoms with Crippen molar-refractivity contribution in [1.82, 2.24) is 4.90 Å². The van der Waals surface area contributed by atoms with E-state index in [2.05, 4.69) is 12.2 Å². The summed E-state index contributed by atoms with van der Waals surface area (Å²) in [5.74, 6) is -0.0154. The largest absolute Gasteiger partial charge is 0.392 e. The molecular formula is C15H22N2O2. The quantitative estimate of drug-likeness (QED) is 0.867. The number of carbonyl (C=O) groups is 1. The Balaban J connectivity index is 1.83. The number of rotatable bonds is 4. The standard InChI is InChI=1S/C15H22N2O2/c1-2-12-5-7-13(8-6-12)16-15(19)11-17-9-3-4-14(18)10-17/h5-8,14,18H,2-4,9-11H2,1H3,(H,16,19). The summed E-state index contributed by atoms with van der Waals surface area (Å²) in [6.45, 7) is 3.95. The van der Waals surface area contributed by atoms with E-state index in [1.165, 1.54) is 5.56 Å². The third kappa shape index (κ3) is 4.33. The third-order valence-corrected chi connectivity index (χ3v) is 3.49. The minimum absolute atomic E-state index is 0.0154. The predicted molar refractivity (Wildman–Crippen MR) is 76.1 cm³/mol. The number of benzene rings is 1. The second-order valence-corrected chi connectivity index (χ2v) is 5.13. The number of aryl methyl sites for hydroxylation is 1. The van der Waals surface area contributed by atoms with Gasteiger partial charge in [-0.2, -0.15) is 0 Å². The van der Waals surface area contributed by atoms with Crippen LogP contribution in [0.5, 0.6) is 0 Å². The van der Waals surface area contributed by atoms with E-state index in [1.807, 2.05) is 29.2 Å². The summed E-state index contributed by atoms with van der Waals surface area (Å²) in [6, 6.07) is 7.92. The fourth-order valence-electron chi connectivity index (χ4n) is 2.40. The molecule has 2 rings (SSSR count). The summed E-state index contributed by atoms with van der Waals surface area (Å²) in [7, 11) is 0. The van der Waals surface area contributed by atoms with Crippen molar-refractivity contribution in [2.75, 3.05) is 25.0 Å². The molecule has 1 aliphatic heterocycles. The Kier molecular flexibility index (Phi) is 4.93. The maximum Gasteiger partial charge on any atom is 0.238 e. The molecule has 0 bridgehead atoms. The zero-order valence-corrected chi connectivity index (χ0v) is 11.4. The predicted octanol–water partition coefficient (Wildman–Crippen LogP) is 1.64. The highest BCUT2D eigenvalue weighted by atomic mass is 16.3. The van der Waals surface area contributed by atoms with Crippen LogP contribution in [0.15, 0.2) is 24.3 Å². The normalized spacial score (nSPS) is 20.2. The molecule has 4 heteroatoms. The summed E-state index contributed by atoms with van der Waals surface area (Å²) in [4.78, 5) is 13.9. The minimum Gasteiger partial charge on any atom is -0.392 e. The molecule has 1 heterocycles. The molecule has 0 aliphatic carbocycles. The van der Waals surface area contributed by atoms with E-state index in [1.54, 1.807) is 0 Å². The summed E-state index contributed by atoms with van der Waals surface area (Å²) in [5, 5.41) is 12.5. The van der Waals surface area contributed by atoms with Gasteiger partial charge in [0, 0.05) is 12.2 Å². The maximum absolute atomic E-state index is 11.9. The highest BCUT2D eigenvalue weighted by Crippen LogP contribution is 2.12. The first-order valence-corrected chi connectivity index (χ1v) is 6.96. The SMILES string of the molecule is CCc1ccc(NC(=O)CN2CCCC(O)C2)cc1. The number of nitrogens with zero attached hydrogens (tertiary/aromatic N) is 1. The number of hydrogen-bond donors (Lipinski definition) is 2. The molecule has 0 saturated carbocycles. The van der Waals surface area contributed by atoms with Gasteiger partial charge in [-0.1, -0.05) is 19.1 Å². The van der Waals surface area contributed by atoms with Crippen molar-refractivity contribution < 1.29 is 9.90 Å². The molecular weight excluding hydrogens is 240 g/mol. The average Bonchev–Trinajstić information content (AvgIpc) is 2.39. The molecule has 2 N–H and O–H groups in total. The van der Waals surface area contributed by atoms with E-state index in [9.17, 15) is 9.90 Å². The smallest absolute Gasteiger partial charge is 0.238 e. The molecule has 19 heavy (non-hydrogen) atoms. The number of aliphatic hydroxyl groups excluding tert-OH is 1. The van der Waals surface area contributed by atoms with Crippen LogP contribution in [0.3, 0.4) is 0 Å². The monoisotopic (exact) mass is 262 g/mol. The van der Waals surface area contributed by atoms with Crippen LogP contribution in [-0.4, -0.2) is 41.7 Å². The Labute approximate surface area is 114 Å². The van der Waals surface area contributed by atoms with Gasteiger partial charge in [0.1, 0.15) is 0 Å². The number of amides is 1. The van der Waals surface area contributed by atoms with Gasteiger partial charge in [-0.25, -0.2) is 0 Å². The first-order valence-electron chi connectivity index (χ1n) is 6.96. The van der Waals surface area contributed by atoms with Crippen molar-refractivity contribution in [3.8, 4) is 0 Å². The molecule has 1 aliphatic rings. The van der Waals surface area contributed by atoms with Crippen LogP contribution in [0.25, 0.3) is 0 Å². The highest BCUT2D eigenvalue weighted by Gasteiger charge is 2.19. The second kappa shape index (κ2) is 6.68. The molecule has 1 saturated heterocycles. The van der Waals surface area contributed by atoms with Crippen molar-refractivity contribution >= 4 is 11.6 Å². The van der Waals surface area contributed by atoms with E-state index < -0.39 is 0 Å². The van der Waals surface area contributed by atoms with E-state index >= 15 is 0 Å². The van der Waals surface area contributed by atoms with Gasteiger partial charge in [0.25, 0.3) is 0 Å². The number of β-amino-alcohol motifs (C(OH)–C–C–N with tert-alkyl or cyclic N) is 1. The number of aliphatic hydroxyl groups is 1. The maximum atomic E-state index is 11.9. The van der Waals surface area contributed by atoms with E-state index in [4.69, 9.17) is 0 Å². The number of likely N-dealkylation sites (tertiary alicyclic amines) is 1. The Morgan fingerprint density at radius 2 is 2.16 bits per heavy atom. The molecule has 104 valence electrons. The number of piperidine rings is 1. The van der Waals surface area contributed by atoms with Gasteiger partial charge in [-0.15, -0.1) is 0 Å². The van der Waals surface area contributed by atoms with Crippen molar-refractivity contribution in [2.45, 2.75) is 32.3 Å². The Hall–Kier alpha value is -1.39. The summed E-state index contributed by atoms with van der Waals surface area (Å²) >= 11 is 0. The van der Waals surface area contributed by atoms with Crippen molar-refractivity contribution in [2.24, 2.45) is 0 Å². The lowest BCUT2D eigenvalue weighted by molar-refractivity contribution is -0.118. The van der Waals surface area contributed by atoms with Crippen LogP contribution < -0.4 is 5.32 Å². The van der Waals surface area contributed by atoms with Crippen LogP contribution in [0.4, 0.5) is 5.69 Å². The Bertz CT molecular complexity index is 417. The van der Waals surface area contributed by atoms with E-state index in [0.29, 0.717) is 13.1 Å². The first-order chi connectivity index (χ1) is 9.17. The van der Waals surface area contributed by atoms with E-state index in [0.717, 1.165) is 31.5 Å². The summed E-state index contributed by atoms with van der Waals surface area (Å²) < 4.78 is 0. The Morgan fingerprint density at radius 1 is 1.42 bits per heavy atom. The zero-order valence-electron chi connectivity index (χ0n) is 11.4. The highest BCUT2D eigenvalue weighted by molar-refractivity contribution is 5.92. The molecule has 1 aromatic rings. The van der Waals surface area contributed by atoms with Gasteiger partial charge >= 0.3 is 0 Å². The molecule has 1 atom stereocenters. The van der Waals surface area contributed by atoms with Crippen molar-refractivity contribution in [3.63, 3.8) is 0 Å². The van der Waals surface area contributed by atoms with Crippen molar-refractivity contribution in [1.29, 1.82) is 0 Å². The van der Waals surface area contributed by atoms with Crippen LogP contribution in [0.2, 0.25) is 0 Å². The third-order valence-electron chi connectivity index (χ3n) is 3.49. The second-order valence-electron chi connectivity index (χ2n) is 5.13. The molecule has 0 radical (unpaired) electrons. The van der Waals surface area contributed by atoms with Gasteiger partial charge in [-0.3, -0.25) is 9.69 Å². The minimum atomic E-state index is -0.287. The van der Waals surface area contributed by atoms with Crippen LogP contribution in [-0.2, 0) is 11.2 Å².